The molecular formula is C17H20N4O2. The molecular weight excluding hydrogens is 292 g/mol. The van der Waals surface area contributed by atoms with Crippen LogP contribution >= 0.6 is 0 Å². The number of nitrogens with zero attached hydrogens (tertiary/aromatic N) is 3. The molecule has 3 rings (SSSR count). The Morgan fingerprint density at radius 2 is 1.96 bits per heavy atom. The first-order valence-corrected chi connectivity index (χ1v) is 7.82. The molecule has 0 radical (unpaired) electrons. The number of carbonyl (C=O) groups excluding carboxylic acids is 2. The lowest BCUT2D eigenvalue weighted by molar-refractivity contribution is -0.128. The number of benzene rings is 1. The summed E-state index contributed by atoms with van der Waals surface area (Å²) in [7, 11) is 0. The van der Waals surface area contributed by atoms with E-state index in [1.165, 1.54) is 4.90 Å². The molecule has 2 aromatic rings. The van der Waals surface area contributed by atoms with Gasteiger partial charge in [0.05, 0.1) is 17.9 Å². The van der Waals surface area contributed by atoms with Crippen molar-refractivity contribution >= 4 is 11.9 Å². The van der Waals surface area contributed by atoms with Crippen molar-refractivity contribution in [2.24, 2.45) is 5.92 Å². The Hall–Kier alpha value is -2.63. The van der Waals surface area contributed by atoms with Gasteiger partial charge in [-0.2, -0.15) is 5.10 Å². The number of hydrogen-bond donors (Lipinski definition) is 1. The lowest BCUT2D eigenvalue weighted by Crippen LogP contribution is -2.35. The van der Waals surface area contributed by atoms with Crippen LogP contribution in [0.2, 0.25) is 0 Å². The highest BCUT2D eigenvalue weighted by Crippen LogP contribution is 2.18. The molecule has 1 aliphatic heterocycles. The van der Waals surface area contributed by atoms with Crippen molar-refractivity contribution in [3.8, 4) is 5.69 Å². The summed E-state index contributed by atoms with van der Waals surface area (Å²) < 4.78 is 1.74. The first-order valence-electron chi connectivity index (χ1n) is 7.82. The second kappa shape index (κ2) is 6.24. The van der Waals surface area contributed by atoms with Gasteiger partial charge in [0.1, 0.15) is 6.04 Å². The third-order valence-corrected chi connectivity index (χ3v) is 4.25. The summed E-state index contributed by atoms with van der Waals surface area (Å²) in [5.74, 6) is -0.0445. The van der Waals surface area contributed by atoms with Crippen LogP contribution in [0.3, 0.4) is 0 Å². The van der Waals surface area contributed by atoms with Crippen LogP contribution in [0.25, 0.3) is 5.69 Å². The summed E-state index contributed by atoms with van der Waals surface area (Å²) in [6.07, 6.45) is 2.67. The van der Waals surface area contributed by atoms with Gasteiger partial charge >= 0.3 is 6.03 Å². The van der Waals surface area contributed by atoms with Crippen LogP contribution in [0.1, 0.15) is 26.0 Å². The Bertz CT molecular complexity index is 710. The normalized spacial score (nSPS) is 19.0. The zero-order valence-corrected chi connectivity index (χ0v) is 13.3. The average molecular weight is 312 g/mol. The maximum atomic E-state index is 12.4. The smallest absolute Gasteiger partial charge is 0.325 e. The minimum absolute atomic E-state index is 0.123. The van der Waals surface area contributed by atoms with E-state index in [9.17, 15) is 9.59 Å². The third-order valence-electron chi connectivity index (χ3n) is 4.25. The van der Waals surface area contributed by atoms with Crippen molar-refractivity contribution < 1.29 is 9.59 Å². The quantitative estimate of drug-likeness (QED) is 0.862. The van der Waals surface area contributed by atoms with E-state index >= 15 is 0 Å². The van der Waals surface area contributed by atoms with E-state index in [1.54, 1.807) is 4.68 Å². The van der Waals surface area contributed by atoms with E-state index in [4.69, 9.17) is 0 Å². The fraction of sp³-hybridized carbons (Fsp3) is 0.353. The third kappa shape index (κ3) is 2.97. The monoisotopic (exact) mass is 312 g/mol. The van der Waals surface area contributed by atoms with Crippen LogP contribution in [0, 0.1) is 5.92 Å². The second-order valence-corrected chi connectivity index (χ2v) is 5.82. The van der Waals surface area contributed by atoms with Gasteiger partial charge in [-0.15, -0.1) is 0 Å². The first kappa shape index (κ1) is 15.3. The summed E-state index contributed by atoms with van der Waals surface area (Å²) in [6.45, 7) is 4.17. The number of para-hydroxylation sites is 1. The van der Waals surface area contributed by atoms with Crippen LogP contribution in [0.15, 0.2) is 42.6 Å². The van der Waals surface area contributed by atoms with Gasteiger partial charge in [-0.3, -0.25) is 9.69 Å². The van der Waals surface area contributed by atoms with E-state index < -0.39 is 6.04 Å². The van der Waals surface area contributed by atoms with Gasteiger partial charge in [-0.1, -0.05) is 38.5 Å². The number of rotatable bonds is 5. The Balaban J connectivity index is 1.74. The van der Waals surface area contributed by atoms with Crippen molar-refractivity contribution in [1.29, 1.82) is 0 Å². The van der Waals surface area contributed by atoms with Gasteiger partial charge in [0.2, 0.25) is 0 Å². The maximum Gasteiger partial charge on any atom is 0.325 e. The molecule has 120 valence electrons. The van der Waals surface area contributed by atoms with Gasteiger partial charge in [-0.25, -0.2) is 9.48 Å². The van der Waals surface area contributed by atoms with Crippen LogP contribution in [0.4, 0.5) is 4.79 Å². The Morgan fingerprint density at radius 1 is 1.22 bits per heavy atom. The molecule has 1 aromatic carbocycles. The lowest BCUT2D eigenvalue weighted by Gasteiger charge is -2.15. The zero-order chi connectivity index (χ0) is 16.4. The molecule has 0 unspecified atom stereocenters. The molecule has 1 aromatic heterocycles. The van der Waals surface area contributed by atoms with E-state index in [0.717, 1.165) is 12.1 Å². The molecule has 3 amide bonds. The lowest BCUT2D eigenvalue weighted by atomic mass is 9.99. The summed E-state index contributed by atoms with van der Waals surface area (Å²) in [4.78, 5) is 25.7. The summed E-state index contributed by atoms with van der Waals surface area (Å²) in [5, 5.41) is 7.21. The number of imide groups is 1. The molecule has 1 saturated heterocycles. The zero-order valence-electron chi connectivity index (χ0n) is 13.3. The van der Waals surface area contributed by atoms with Crippen molar-refractivity contribution in [2.75, 3.05) is 0 Å². The minimum Gasteiger partial charge on any atom is -0.326 e. The number of hydrogen-bond acceptors (Lipinski definition) is 3. The van der Waals surface area contributed by atoms with Crippen molar-refractivity contribution in [3.05, 3.63) is 48.3 Å². The molecule has 1 N–H and O–H groups in total. The largest absolute Gasteiger partial charge is 0.326 e. The molecule has 0 bridgehead atoms. The molecule has 2 heterocycles. The fourth-order valence-corrected chi connectivity index (χ4v) is 2.64. The molecule has 0 spiro atoms. The van der Waals surface area contributed by atoms with E-state index in [0.29, 0.717) is 5.69 Å². The number of nitrogens with one attached hydrogen (secondary N) is 1. The van der Waals surface area contributed by atoms with Crippen LogP contribution in [0.5, 0.6) is 0 Å². The maximum absolute atomic E-state index is 12.4. The highest BCUT2D eigenvalue weighted by atomic mass is 16.2. The first-order chi connectivity index (χ1) is 11.1. The molecule has 0 saturated carbocycles. The second-order valence-electron chi connectivity index (χ2n) is 5.82. The number of amides is 3. The summed E-state index contributed by atoms with van der Waals surface area (Å²) in [5.41, 5.74) is 1.62. The van der Waals surface area contributed by atoms with Crippen LogP contribution in [-0.2, 0) is 11.3 Å². The summed E-state index contributed by atoms with van der Waals surface area (Å²) in [6, 6.07) is 10.8. The van der Waals surface area contributed by atoms with Crippen LogP contribution in [-0.4, -0.2) is 32.7 Å². The van der Waals surface area contributed by atoms with Crippen molar-refractivity contribution in [1.82, 2.24) is 20.0 Å². The Morgan fingerprint density at radius 3 is 2.65 bits per heavy atom. The minimum atomic E-state index is -0.427. The standard InChI is InChI=1S/C17H20N4O2/c1-3-12(2)15-16(22)20(17(23)18-15)11-13-9-10-21(19-13)14-7-5-4-6-8-14/h4-10,12,15H,3,11H2,1-2H3,(H,18,23)/t12-,15-/m0/s1. The van der Waals surface area contributed by atoms with Crippen LogP contribution < -0.4 is 5.32 Å². The molecule has 0 aliphatic carbocycles. The predicted molar refractivity (Wildman–Crippen MR) is 85.9 cm³/mol. The van der Waals surface area contributed by atoms with E-state index in [-0.39, 0.29) is 24.4 Å². The molecule has 6 nitrogen and oxygen atoms in total. The number of carbonyl (C=O) groups is 2. The Labute approximate surface area is 135 Å². The average Bonchev–Trinajstić information content (AvgIpc) is 3.15. The topological polar surface area (TPSA) is 67.2 Å². The highest BCUT2D eigenvalue weighted by Gasteiger charge is 2.40. The van der Waals surface area contributed by atoms with E-state index in [2.05, 4.69) is 10.4 Å². The number of urea groups is 1. The van der Waals surface area contributed by atoms with Gasteiger partial charge < -0.3 is 5.32 Å². The molecule has 1 fully saturated rings. The molecule has 23 heavy (non-hydrogen) atoms. The van der Waals surface area contributed by atoms with Gasteiger partial charge in [0.15, 0.2) is 0 Å². The Kier molecular flexibility index (Phi) is 4.14. The fourth-order valence-electron chi connectivity index (χ4n) is 2.64. The molecule has 1 aliphatic rings. The van der Waals surface area contributed by atoms with E-state index in [1.807, 2.05) is 56.4 Å². The van der Waals surface area contributed by atoms with Gasteiger partial charge in [-0.05, 0) is 24.1 Å². The van der Waals surface area contributed by atoms with Gasteiger partial charge in [0, 0.05) is 6.20 Å². The highest BCUT2D eigenvalue weighted by molar-refractivity contribution is 6.04. The van der Waals surface area contributed by atoms with Crippen molar-refractivity contribution in [2.45, 2.75) is 32.9 Å². The van der Waals surface area contributed by atoms with Gasteiger partial charge in [0.25, 0.3) is 5.91 Å². The van der Waals surface area contributed by atoms with Crippen molar-refractivity contribution in [3.63, 3.8) is 0 Å². The molecule has 6 heteroatoms. The predicted octanol–water partition coefficient (Wildman–Crippen LogP) is 2.34. The number of aromatic nitrogens is 2. The molecule has 2 atom stereocenters. The SMILES string of the molecule is CC[C@H](C)[C@@H]1NC(=O)N(Cc2ccn(-c3ccccc3)n2)C1=O. The summed E-state index contributed by atoms with van der Waals surface area (Å²) >= 11 is 0.